The van der Waals surface area contributed by atoms with Gasteiger partial charge in [-0.05, 0) is 23.8 Å². The molecule has 2 amide bonds. The summed E-state index contributed by atoms with van der Waals surface area (Å²) in [7, 11) is 0. The highest BCUT2D eigenvalue weighted by Gasteiger charge is 2.36. The van der Waals surface area contributed by atoms with Crippen molar-refractivity contribution in [1.29, 1.82) is 5.26 Å². The van der Waals surface area contributed by atoms with Crippen LogP contribution in [0.4, 0.5) is 13.6 Å². The van der Waals surface area contributed by atoms with E-state index in [-0.39, 0.29) is 30.4 Å². The number of hydrogen-bond acceptors (Lipinski definition) is 6. The second-order valence-electron chi connectivity index (χ2n) is 6.69. The van der Waals surface area contributed by atoms with Gasteiger partial charge >= 0.3 is 12.0 Å². The number of hydrazone groups is 1. The molecule has 1 aromatic heterocycles. The van der Waals surface area contributed by atoms with E-state index in [0.29, 0.717) is 24.9 Å². The fourth-order valence-corrected chi connectivity index (χ4v) is 3.39. The van der Waals surface area contributed by atoms with Crippen molar-refractivity contribution in [2.45, 2.75) is 25.0 Å². The third-order valence-corrected chi connectivity index (χ3v) is 4.73. The first-order chi connectivity index (χ1) is 14.0. The number of ether oxygens (including phenoxy) is 1. The lowest BCUT2D eigenvalue weighted by Crippen LogP contribution is -2.40. The molecule has 8 nitrogen and oxygen atoms in total. The van der Waals surface area contributed by atoms with Crippen molar-refractivity contribution < 1.29 is 18.3 Å². The van der Waals surface area contributed by atoms with Crippen molar-refractivity contribution in [3.63, 3.8) is 0 Å². The minimum Gasteiger partial charge on any atom is -0.458 e. The summed E-state index contributed by atoms with van der Waals surface area (Å²) >= 11 is 0. The van der Waals surface area contributed by atoms with E-state index in [4.69, 9.17) is 10.00 Å². The number of nitriles is 1. The van der Waals surface area contributed by atoms with Crippen molar-refractivity contribution in [2.24, 2.45) is 5.10 Å². The van der Waals surface area contributed by atoms with E-state index in [1.165, 1.54) is 29.4 Å². The summed E-state index contributed by atoms with van der Waals surface area (Å²) in [5.74, 6) is -1.40. The average molecular weight is 398 g/mol. The molecule has 2 atom stereocenters. The van der Waals surface area contributed by atoms with Gasteiger partial charge in [0.05, 0.1) is 12.6 Å². The predicted octanol–water partition coefficient (Wildman–Crippen LogP) is 2.63. The van der Waals surface area contributed by atoms with E-state index in [9.17, 15) is 13.6 Å². The fourth-order valence-electron chi connectivity index (χ4n) is 3.39. The summed E-state index contributed by atoms with van der Waals surface area (Å²) in [6.07, 6.45) is 3.58. The normalized spacial score (nSPS) is 20.7. The van der Waals surface area contributed by atoms with Crippen LogP contribution in [-0.2, 0) is 0 Å². The highest BCUT2D eigenvalue weighted by atomic mass is 19.1. The van der Waals surface area contributed by atoms with E-state index in [0.717, 1.165) is 6.07 Å². The van der Waals surface area contributed by atoms with Crippen LogP contribution in [0, 0.1) is 23.0 Å². The first-order valence-corrected chi connectivity index (χ1v) is 9.00. The van der Waals surface area contributed by atoms with Crippen molar-refractivity contribution >= 4 is 12.2 Å². The predicted molar refractivity (Wildman–Crippen MR) is 96.8 cm³/mol. The third kappa shape index (κ3) is 3.99. The molecule has 0 radical (unpaired) electrons. The summed E-state index contributed by atoms with van der Waals surface area (Å²) in [6.45, 7) is 0.715. The molecular formula is C19H16F2N6O2. The van der Waals surface area contributed by atoms with Gasteiger partial charge in [-0.1, -0.05) is 0 Å². The van der Waals surface area contributed by atoms with Crippen molar-refractivity contribution in [3.8, 4) is 12.1 Å². The first-order valence-electron chi connectivity index (χ1n) is 9.00. The van der Waals surface area contributed by atoms with Gasteiger partial charge < -0.3 is 9.64 Å². The molecule has 1 saturated heterocycles. The Labute approximate surface area is 165 Å². The molecule has 2 aliphatic heterocycles. The molecule has 0 spiro atoms. The van der Waals surface area contributed by atoms with Gasteiger partial charge in [0.25, 0.3) is 0 Å². The Kier molecular flexibility index (Phi) is 5.03. The Morgan fingerprint density at radius 2 is 2.07 bits per heavy atom. The highest BCUT2D eigenvalue weighted by Crippen LogP contribution is 2.31. The number of likely N-dealkylation sites (tertiary alicyclic amines) is 1. The number of nitrogens with zero attached hydrogens (tertiary/aromatic N) is 6. The largest absolute Gasteiger partial charge is 0.458 e. The standard InChI is InChI=1S/C19H16F2N6O2/c20-13-7-12(8-14(21)9-13)17-2-5-24-27(17)19(28)26-6-3-16(11-26)29-18-23-4-1-15(10-22)25-18/h1,4-5,7-9,16-17H,2-3,6,11H2. The molecule has 2 unspecified atom stereocenters. The van der Waals surface area contributed by atoms with Crippen LogP contribution in [0.1, 0.15) is 30.1 Å². The van der Waals surface area contributed by atoms with Gasteiger partial charge in [0.1, 0.15) is 29.5 Å². The molecule has 29 heavy (non-hydrogen) atoms. The van der Waals surface area contributed by atoms with E-state index in [2.05, 4.69) is 15.1 Å². The van der Waals surface area contributed by atoms with Gasteiger partial charge in [0.2, 0.25) is 0 Å². The topological polar surface area (TPSA) is 94.7 Å². The first kappa shape index (κ1) is 18.7. The van der Waals surface area contributed by atoms with Crippen molar-refractivity contribution in [3.05, 3.63) is 53.4 Å². The quantitative estimate of drug-likeness (QED) is 0.792. The molecular weight excluding hydrogens is 382 g/mol. The molecule has 0 saturated carbocycles. The summed E-state index contributed by atoms with van der Waals surface area (Å²) in [5.41, 5.74) is 0.541. The van der Waals surface area contributed by atoms with Gasteiger partial charge in [-0.2, -0.15) is 15.3 Å². The number of aromatic nitrogens is 2. The lowest BCUT2D eigenvalue weighted by atomic mass is 10.0. The van der Waals surface area contributed by atoms with Crippen molar-refractivity contribution in [1.82, 2.24) is 19.9 Å². The molecule has 148 valence electrons. The molecule has 3 heterocycles. The smallest absolute Gasteiger partial charge is 0.341 e. The van der Waals surface area contributed by atoms with Crippen LogP contribution in [0.25, 0.3) is 0 Å². The van der Waals surface area contributed by atoms with Crippen LogP contribution < -0.4 is 4.74 Å². The van der Waals surface area contributed by atoms with Gasteiger partial charge in [0, 0.05) is 37.9 Å². The molecule has 0 bridgehead atoms. The number of amides is 2. The van der Waals surface area contributed by atoms with Crippen LogP contribution in [0.5, 0.6) is 6.01 Å². The molecule has 0 N–H and O–H groups in total. The fraction of sp³-hybridized carbons (Fsp3) is 0.316. The molecule has 4 rings (SSSR count). The zero-order chi connectivity index (χ0) is 20.4. The number of rotatable bonds is 3. The molecule has 2 aromatic rings. The van der Waals surface area contributed by atoms with Gasteiger partial charge in [-0.25, -0.2) is 23.6 Å². The van der Waals surface area contributed by atoms with Crippen LogP contribution in [0.3, 0.4) is 0 Å². The van der Waals surface area contributed by atoms with E-state index < -0.39 is 17.7 Å². The Balaban J connectivity index is 1.43. The van der Waals surface area contributed by atoms with E-state index >= 15 is 0 Å². The van der Waals surface area contributed by atoms with E-state index in [1.54, 1.807) is 11.1 Å². The van der Waals surface area contributed by atoms with Crippen LogP contribution in [0.2, 0.25) is 0 Å². The van der Waals surface area contributed by atoms with Crippen molar-refractivity contribution in [2.75, 3.05) is 13.1 Å². The van der Waals surface area contributed by atoms with Crippen LogP contribution >= 0.6 is 0 Å². The minimum atomic E-state index is -0.700. The number of benzene rings is 1. The summed E-state index contributed by atoms with van der Waals surface area (Å²) in [5, 5.41) is 14.2. The lowest BCUT2D eigenvalue weighted by molar-refractivity contribution is 0.140. The lowest BCUT2D eigenvalue weighted by Gasteiger charge is -2.27. The Hall–Kier alpha value is -3.61. The maximum Gasteiger partial charge on any atom is 0.341 e. The minimum absolute atomic E-state index is 0.0793. The molecule has 0 aliphatic carbocycles. The van der Waals surface area contributed by atoms with Gasteiger partial charge in [0.15, 0.2) is 0 Å². The van der Waals surface area contributed by atoms with E-state index in [1.807, 2.05) is 6.07 Å². The second kappa shape index (κ2) is 7.79. The molecule has 1 aromatic carbocycles. The molecule has 1 fully saturated rings. The summed E-state index contributed by atoms with van der Waals surface area (Å²) < 4.78 is 32.8. The third-order valence-electron chi connectivity index (χ3n) is 4.73. The average Bonchev–Trinajstić information content (AvgIpc) is 3.36. The number of urea groups is 1. The number of carbonyl (C=O) groups excluding carboxylic acids is 1. The number of hydrogen-bond donors (Lipinski definition) is 0. The highest BCUT2D eigenvalue weighted by molar-refractivity contribution is 5.78. The monoisotopic (exact) mass is 398 g/mol. The molecule has 10 heteroatoms. The Morgan fingerprint density at radius 3 is 2.83 bits per heavy atom. The van der Waals surface area contributed by atoms with Gasteiger partial charge in [-0.3, -0.25) is 0 Å². The zero-order valence-corrected chi connectivity index (χ0v) is 15.2. The SMILES string of the molecule is N#Cc1ccnc(OC2CCN(C(=O)N3N=CCC3c3cc(F)cc(F)c3)C2)n1. The Morgan fingerprint density at radius 1 is 1.28 bits per heavy atom. The number of carbonyl (C=O) groups is 1. The maximum absolute atomic E-state index is 13.6. The Bertz CT molecular complexity index is 988. The number of halogens is 2. The maximum atomic E-state index is 13.6. The summed E-state index contributed by atoms with van der Waals surface area (Å²) in [6, 6.07) is 5.73. The van der Waals surface area contributed by atoms with Gasteiger partial charge in [-0.15, -0.1) is 0 Å². The van der Waals surface area contributed by atoms with Crippen LogP contribution in [0.15, 0.2) is 35.6 Å². The van der Waals surface area contributed by atoms with Crippen LogP contribution in [-0.4, -0.2) is 51.3 Å². The molecule has 2 aliphatic rings. The second-order valence-corrected chi connectivity index (χ2v) is 6.69. The zero-order valence-electron chi connectivity index (χ0n) is 15.2. The summed E-state index contributed by atoms with van der Waals surface area (Å²) in [4.78, 5) is 22.4.